The number of hydrogen-bond donors (Lipinski definition) is 0. The van der Waals surface area contributed by atoms with Crippen molar-refractivity contribution < 1.29 is 4.79 Å². The minimum atomic E-state index is 0.147. The minimum Gasteiger partial charge on any atom is -0.343 e. The zero-order chi connectivity index (χ0) is 15.5. The highest BCUT2D eigenvalue weighted by molar-refractivity contribution is 5.73. The van der Waals surface area contributed by atoms with E-state index < -0.39 is 0 Å². The van der Waals surface area contributed by atoms with Crippen molar-refractivity contribution >= 4 is 5.91 Å². The summed E-state index contributed by atoms with van der Waals surface area (Å²) in [6.45, 7) is 3.21. The monoisotopic (exact) mass is 294 g/mol. The fourth-order valence-electron chi connectivity index (χ4n) is 3.04. The fourth-order valence-corrected chi connectivity index (χ4v) is 3.04. The smallest absolute Gasteiger partial charge is 0.219 e. The molecule has 0 saturated carbocycles. The number of benzene rings is 1. The molecule has 2 heterocycles. The molecule has 3 rings (SSSR count). The molecule has 0 unspecified atom stereocenters. The van der Waals surface area contributed by atoms with Gasteiger partial charge >= 0.3 is 0 Å². The summed E-state index contributed by atoms with van der Waals surface area (Å²) < 4.78 is 1.91. The first-order chi connectivity index (χ1) is 10.7. The van der Waals surface area contributed by atoms with E-state index in [1.165, 1.54) is 0 Å². The van der Waals surface area contributed by atoms with E-state index in [4.69, 9.17) is 5.26 Å². The van der Waals surface area contributed by atoms with Crippen LogP contribution in [0.25, 0.3) is 5.69 Å². The number of nitriles is 1. The van der Waals surface area contributed by atoms with Crippen molar-refractivity contribution in [3.8, 4) is 11.8 Å². The second kappa shape index (κ2) is 6.02. The Bertz CT molecular complexity index is 720. The molecular formula is C17H18N4O. The van der Waals surface area contributed by atoms with Crippen LogP contribution in [0.2, 0.25) is 0 Å². The van der Waals surface area contributed by atoms with Crippen LogP contribution in [0.3, 0.4) is 0 Å². The molecule has 2 aromatic rings. The lowest BCUT2D eigenvalue weighted by atomic mass is 9.93. The van der Waals surface area contributed by atoms with Gasteiger partial charge in [0.25, 0.3) is 0 Å². The van der Waals surface area contributed by atoms with E-state index in [0.29, 0.717) is 11.5 Å². The quantitative estimate of drug-likeness (QED) is 0.854. The molecule has 112 valence electrons. The van der Waals surface area contributed by atoms with Gasteiger partial charge in [0.1, 0.15) is 0 Å². The predicted molar refractivity (Wildman–Crippen MR) is 82.5 cm³/mol. The van der Waals surface area contributed by atoms with Crippen LogP contribution >= 0.6 is 0 Å². The lowest BCUT2D eigenvalue weighted by molar-refractivity contribution is -0.129. The van der Waals surface area contributed by atoms with E-state index in [-0.39, 0.29) is 5.91 Å². The molecule has 22 heavy (non-hydrogen) atoms. The summed E-state index contributed by atoms with van der Waals surface area (Å²) in [5.74, 6) is 0.539. The molecule has 5 heteroatoms. The van der Waals surface area contributed by atoms with E-state index in [2.05, 4.69) is 11.2 Å². The van der Waals surface area contributed by atoms with Crippen molar-refractivity contribution in [3.05, 3.63) is 47.8 Å². The Morgan fingerprint density at radius 3 is 2.77 bits per heavy atom. The molecule has 5 nitrogen and oxygen atoms in total. The lowest BCUT2D eigenvalue weighted by Crippen LogP contribution is -2.36. The van der Waals surface area contributed by atoms with Crippen LogP contribution in [-0.2, 0) is 4.79 Å². The van der Waals surface area contributed by atoms with Crippen LogP contribution in [0.5, 0.6) is 0 Å². The lowest BCUT2D eigenvalue weighted by Gasteiger charge is -2.31. The van der Waals surface area contributed by atoms with Crippen molar-refractivity contribution in [2.24, 2.45) is 0 Å². The molecule has 1 aliphatic rings. The van der Waals surface area contributed by atoms with Crippen molar-refractivity contribution in [1.29, 1.82) is 5.26 Å². The zero-order valence-corrected chi connectivity index (χ0v) is 12.6. The molecule has 0 spiro atoms. The summed E-state index contributed by atoms with van der Waals surface area (Å²) in [6, 6.07) is 11.7. The molecule has 0 bridgehead atoms. The largest absolute Gasteiger partial charge is 0.343 e. The van der Waals surface area contributed by atoms with Gasteiger partial charge in [-0.2, -0.15) is 10.4 Å². The number of carbonyl (C=O) groups is 1. The number of carbonyl (C=O) groups excluding carboxylic acids is 1. The van der Waals surface area contributed by atoms with Gasteiger partial charge in [0.05, 0.1) is 17.3 Å². The number of nitrogens with zero attached hydrogens (tertiary/aromatic N) is 4. The topological polar surface area (TPSA) is 61.9 Å². The third kappa shape index (κ3) is 2.73. The van der Waals surface area contributed by atoms with Gasteiger partial charge in [-0.05, 0) is 37.1 Å². The highest BCUT2D eigenvalue weighted by atomic mass is 16.2. The molecular weight excluding hydrogens is 276 g/mol. The first kappa shape index (κ1) is 14.3. The molecule has 0 radical (unpaired) electrons. The van der Waals surface area contributed by atoms with Crippen LogP contribution < -0.4 is 0 Å². The maximum absolute atomic E-state index is 11.4. The van der Waals surface area contributed by atoms with Crippen LogP contribution in [0.4, 0.5) is 0 Å². The Balaban J connectivity index is 1.84. The van der Waals surface area contributed by atoms with Gasteiger partial charge in [0, 0.05) is 37.8 Å². The summed E-state index contributed by atoms with van der Waals surface area (Å²) in [4.78, 5) is 13.3. The molecule has 0 atom stereocenters. The van der Waals surface area contributed by atoms with Gasteiger partial charge < -0.3 is 4.90 Å². The number of amides is 1. The van der Waals surface area contributed by atoms with E-state index in [1.807, 2.05) is 33.8 Å². The van der Waals surface area contributed by atoms with Crippen molar-refractivity contribution in [3.63, 3.8) is 0 Å². The normalized spacial score (nSPS) is 15.5. The first-order valence-corrected chi connectivity index (χ1v) is 7.49. The van der Waals surface area contributed by atoms with Crippen molar-refractivity contribution in [2.45, 2.75) is 25.7 Å². The summed E-state index contributed by atoms with van der Waals surface area (Å²) in [7, 11) is 0. The Kier molecular flexibility index (Phi) is 3.92. The van der Waals surface area contributed by atoms with E-state index in [1.54, 1.807) is 19.2 Å². The van der Waals surface area contributed by atoms with Gasteiger partial charge in [0.2, 0.25) is 5.91 Å². The van der Waals surface area contributed by atoms with Gasteiger partial charge in [-0.1, -0.05) is 6.07 Å². The average Bonchev–Trinajstić information content (AvgIpc) is 3.04. The van der Waals surface area contributed by atoms with Crippen LogP contribution in [0.15, 0.2) is 36.5 Å². The fraction of sp³-hybridized carbons (Fsp3) is 0.353. The Morgan fingerprint density at radius 1 is 1.32 bits per heavy atom. The van der Waals surface area contributed by atoms with Crippen LogP contribution in [0, 0.1) is 11.3 Å². The number of likely N-dealkylation sites (tertiary alicyclic amines) is 1. The standard InChI is InChI=1S/C17H18N4O/c1-13(22)20-9-6-15(7-10-20)17-5-8-19-21(17)16-4-2-3-14(11-16)12-18/h2-5,8,11,15H,6-7,9-10H2,1H3. The van der Waals surface area contributed by atoms with E-state index in [9.17, 15) is 4.79 Å². The second-order valence-electron chi connectivity index (χ2n) is 5.61. The Hall–Kier alpha value is -2.61. The van der Waals surface area contributed by atoms with E-state index in [0.717, 1.165) is 37.3 Å². The van der Waals surface area contributed by atoms with Crippen LogP contribution in [-0.4, -0.2) is 33.7 Å². The maximum Gasteiger partial charge on any atom is 0.219 e. The molecule has 1 saturated heterocycles. The predicted octanol–water partition coefficient (Wildman–Crippen LogP) is 2.47. The zero-order valence-electron chi connectivity index (χ0n) is 12.6. The van der Waals surface area contributed by atoms with Crippen molar-refractivity contribution in [2.75, 3.05) is 13.1 Å². The molecule has 1 aliphatic heterocycles. The highest BCUT2D eigenvalue weighted by Crippen LogP contribution is 2.29. The average molecular weight is 294 g/mol. The number of piperidine rings is 1. The third-order valence-corrected chi connectivity index (χ3v) is 4.25. The van der Waals surface area contributed by atoms with E-state index >= 15 is 0 Å². The summed E-state index contributed by atoms with van der Waals surface area (Å²) >= 11 is 0. The Labute approximate surface area is 129 Å². The number of rotatable bonds is 2. The maximum atomic E-state index is 11.4. The Morgan fingerprint density at radius 2 is 2.09 bits per heavy atom. The van der Waals surface area contributed by atoms with Gasteiger partial charge in [-0.25, -0.2) is 4.68 Å². The molecule has 1 amide bonds. The van der Waals surface area contributed by atoms with Crippen LogP contribution in [0.1, 0.15) is 36.9 Å². The number of hydrogen-bond acceptors (Lipinski definition) is 3. The van der Waals surface area contributed by atoms with Gasteiger partial charge in [0.15, 0.2) is 0 Å². The molecule has 1 fully saturated rings. The van der Waals surface area contributed by atoms with Gasteiger partial charge in [-0.15, -0.1) is 0 Å². The first-order valence-electron chi connectivity index (χ1n) is 7.49. The molecule has 1 aromatic carbocycles. The van der Waals surface area contributed by atoms with Gasteiger partial charge in [-0.3, -0.25) is 4.79 Å². The molecule has 0 N–H and O–H groups in total. The molecule has 1 aromatic heterocycles. The third-order valence-electron chi connectivity index (χ3n) is 4.25. The summed E-state index contributed by atoms with van der Waals surface area (Å²) in [5, 5.41) is 13.5. The number of aromatic nitrogens is 2. The second-order valence-corrected chi connectivity index (χ2v) is 5.61. The minimum absolute atomic E-state index is 0.147. The van der Waals surface area contributed by atoms with Crippen molar-refractivity contribution in [1.82, 2.24) is 14.7 Å². The SMILES string of the molecule is CC(=O)N1CCC(c2ccnn2-c2cccc(C#N)c2)CC1. The summed E-state index contributed by atoms with van der Waals surface area (Å²) in [5.41, 5.74) is 2.69. The molecule has 0 aliphatic carbocycles. The highest BCUT2D eigenvalue weighted by Gasteiger charge is 2.24. The summed E-state index contributed by atoms with van der Waals surface area (Å²) in [6.07, 6.45) is 3.69.